The van der Waals surface area contributed by atoms with E-state index in [2.05, 4.69) is 12.2 Å². The van der Waals surface area contributed by atoms with Gasteiger partial charge in [0.2, 0.25) is 0 Å². The molecule has 1 aliphatic rings. The normalized spacial score (nSPS) is 24.2. The van der Waals surface area contributed by atoms with Crippen molar-refractivity contribution in [2.75, 3.05) is 18.1 Å². The SMILES string of the molecule is CCNC1CSCC1Cc1cc(Cl)ccc1F. The summed E-state index contributed by atoms with van der Waals surface area (Å²) in [6, 6.07) is 5.32. The van der Waals surface area contributed by atoms with Crippen molar-refractivity contribution in [3.05, 3.63) is 34.6 Å². The van der Waals surface area contributed by atoms with Crippen molar-refractivity contribution in [1.82, 2.24) is 5.32 Å². The summed E-state index contributed by atoms with van der Waals surface area (Å²) in [5.41, 5.74) is 0.743. The summed E-state index contributed by atoms with van der Waals surface area (Å²) in [5.74, 6) is 2.60. The fourth-order valence-corrected chi connectivity index (χ4v) is 3.90. The quantitative estimate of drug-likeness (QED) is 0.903. The number of hydrogen-bond acceptors (Lipinski definition) is 2. The number of thioether (sulfide) groups is 1. The Bertz CT molecular complexity index is 386. The molecule has 1 heterocycles. The van der Waals surface area contributed by atoms with E-state index in [-0.39, 0.29) is 5.82 Å². The number of rotatable bonds is 4. The first-order valence-electron chi connectivity index (χ1n) is 5.95. The molecule has 1 aliphatic heterocycles. The molecular weight excluding hydrogens is 257 g/mol. The van der Waals surface area contributed by atoms with Crippen molar-refractivity contribution in [3.8, 4) is 0 Å². The Hall–Kier alpha value is -0.250. The first-order valence-corrected chi connectivity index (χ1v) is 7.49. The predicted octanol–water partition coefficient (Wildman–Crippen LogP) is 3.36. The molecule has 0 saturated carbocycles. The van der Waals surface area contributed by atoms with Gasteiger partial charge in [0.1, 0.15) is 5.82 Å². The third-order valence-electron chi connectivity index (χ3n) is 3.15. The first kappa shape index (κ1) is 13.2. The molecule has 4 heteroatoms. The average molecular weight is 274 g/mol. The molecule has 0 radical (unpaired) electrons. The molecule has 2 atom stereocenters. The summed E-state index contributed by atoms with van der Waals surface area (Å²) in [7, 11) is 0. The van der Waals surface area contributed by atoms with Gasteiger partial charge < -0.3 is 5.32 Å². The minimum atomic E-state index is -0.137. The number of hydrogen-bond donors (Lipinski definition) is 1. The summed E-state index contributed by atoms with van der Waals surface area (Å²) in [6.07, 6.45) is 0.775. The molecule has 2 unspecified atom stereocenters. The standard InChI is InChI=1S/C13H17ClFNS/c1-2-16-13-8-17-7-10(13)5-9-6-11(14)3-4-12(9)15/h3-4,6,10,13,16H,2,5,7-8H2,1H3. The molecule has 1 saturated heterocycles. The second-order valence-electron chi connectivity index (χ2n) is 4.40. The molecule has 2 rings (SSSR count). The van der Waals surface area contributed by atoms with Gasteiger partial charge in [0.05, 0.1) is 0 Å². The van der Waals surface area contributed by atoms with E-state index >= 15 is 0 Å². The minimum Gasteiger partial charge on any atom is -0.313 e. The molecule has 94 valence electrons. The van der Waals surface area contributed by atoms with Gasteiger partial charge in [0, 0.05) is 16.8 Å². The molecule has 1 aromatic rings. The van der Waals surface area contributed by atoms with Gasteiger partial charge in [-0.3, -0.25) is 0 Å². The largest absolute Gasteiger partial charge is 0.313 e. The second kappa shape index (κ2) is 6.07. The molecule has 1 aromatic carbocycles. The predicted molar refractivity (Wildman–Crippen MR) is 73.4 cm³/mol. The van der Waals surface area contributed by atoms with E-state index in [4.69, 9.17) is 11.6 Å². The van der Waals surface area contributed by atoms with E-state index in [1.54, 1.807) is 12.1 Å². The van der Waals surface area contributed by atoms with E-state index in [1.807, 2.05) is 11.8 Å². The van der Waals surface area contributed by atoms with Crippen LogP contribution in [0.15, 0.2) is 18.2 Å². The molecule has 1 N–H and O–H groups in total. The van der Waals surface area contributed by atoms with Crippen LogP contribution in [-0.4, -0.2) is 24.1 Å². The van der Waals surface area contributed by atoms with Crippen molar-refractivity contribution in [3.63, 3.8) is 0 Å². The Morgan fingerprint density at radius 2 is 2.29 bits per heavy atom. The van der Waals surface area contributed by atoms with Crippen LogP contribution in [0.25, 0.3) is 0 Å². The summed E-state index contributed by atoms with van der Waals surface area (Å²) in [5, 5.41) is 4.09. The molecule has 0 spiro atoms. The van der Waals surface area contributed by atoms with Crippen LogP contribution >= 0.6 is 23.4 Å². The van der Waals surface area contributed by atoms with Crippen LogP contribution in [0.5, 0.6) is 0 Å². The maximum Gasteiger partial charge on any atom is 0.126 e. The second-order valence-corrected chi connectivity index (χ2v) is 5.91. The highest BCUT2D eigenvalue weighted by Gasteiger charge is 2.27. The fourth-order valence-electron chi connectivity index (χ4n) is 2.27. The lowest BCUT2D eigenvalue weighted by atomic mass is 9.94. The lowest BCUT2D eigenvalue weighted by molar-refractivity contribution is 0.427. The molecule has 0 aromatic heterocycles. The smallest absolute Gasteiger partial charge is 0.126 e. The minimum absolute atomic E-state index is 0.137. The van der Waals surface area contributed by atoms with Gasteiger partial charge in [0.15, 0.2) is 0 Å². The number of halogens is 2. The van der Waals surface area contributed by atoms with Gasteiger partial charge in [0.25, 0.3) is 0 Å². The summed E-state index contributed by atoms with van der Waals surface area (Å²) in [4.78, 5) is 0. The molecule has 1 nitrogen and oxygen atoms in total. The highest BCUT2D eigenvalue weighted by molar-refractivity contribution is 7.99. The zero-order valence-electron chi connectivity index (χ0n) is 9.88. The summed E-state index contributed by atoms with van der Waals surface area (Å²) < 4.78 is 13.7. The zero-order chi connectivity index (χ0) is 12.3. The Kier molecular flexibility index (Phi) is 4.71. The van der Waals surface area contributed by atoms with Crippen LogP contribution in [0, 0.1) is 11.7 Å². The zero-order valence-corrected chi connectivity index (χ0v) is 11.5. The van der Waals surface area contributed by atoms with E-state index in [0.717, 1.165) is 30.0 Å². The van der Waals surface area contributed by atoms with Crippen LogP contribution < -0.4 is 5.32 Å². The average Bonchev–Trinajstić information content (AvgIpc) is 2.72. The van der Waals surface area contributed by atoms with Crippen LogP contribution in [0.3, 0.4) is 0 Å². The Morgan fingerprint density at radius 1 is 1.47 bits per heavy atom. The Labute approximate surface area is 111 Å². The molecule has 0 bridgehead atoms. The third-order valence-corrected chi connectivity index (χ3v) is 4.65. The molecule has 17 heavy (non-hydrogen) atoms. The first-order chi connectivity index (χ1) is 8.20. The molecule has 0 aliphatic carbocycles. The lowest BCUT2D eigenvalue weighted by Gasteiger charge is -2.19. The fraction of sp³-hybridized carbons (Fsp3) is 0.538. The Morgan fingerprint density at radius 3 is 3.06 bits per heavy atom. The van der Waals surface area contributed by atoms with Gasteiger partial charge in [-0.1, -0.05) is 18.5 Å². The van der Waals surface area contributed by atoms with E-state index < -0.39 is 0 Å². The lowest BCUT2D eigenvalue weighted by Crippen LogP contribution is -2.36. The topological polar surface area (TPSA) is 12.0 Å². The molecular formula is C13H17ClFNS. The van der Waals surface area contributed by atoms with Crippen molar-refractivity contribution in [2.45, 2.75) is 19.4 Å². The van der Waals surface area contributed by atoms with Crippen LogP contribution in [0.2, 0.25) is 5.02 Å². The maximum absolute atomic E-state index is 13.7. The van der Waals surface area contributed by atoms with Crippen molar-refractivity contribution < 1.29 is 4.39 Å². The van der Waals surface area contributed by atoms with Crippen molar-refractivity contribution in [2.24, 2.45) is 5.92 Å². The highest BCUT2D eigenvalue weighted by atomic mass is 35.5. The van der Waals surface area contributed by atoms with Crippen LogP contribution in [0.4, 0.5) is 4.39 Å². The summed E-state index contributed by atoms with van der Waals surface area (Å²) >= 11 is 7.85. The van der Waals surface area contributed by atoms with Gasteiger partial charge >= 0.3 is 0 Å². The van der Waals surface area contributed by atoms with Crippen molar-refractivity contribution >= 4 is 23.4 Å². The third kappa shape index (κ3) is 3.36. The van der Waals surface area contributed by atoms with Gasteiger partial charge in [-0.25, -0.2) is 4.39 Å². The van der Waals surface area contributed by atoms with Gasteiger partial charge in [-0.05, 0) is 48.4 Å². The van der Waals surface area contributed by atoms with E-state index in [1.165, 1.54) is 6.07 Å². The molecule has 1 fully saturated rings. The summed E-state index contributed by atoms with van der Waals surface area (Å²) in [6.45, 7) is 3.08. The highest BCUT2D eigenvalue weighted by Crippen LogP contribution is 2.29. The van der Waals surface area contributed by atoms with Crippen LogP contribution in [0.1, 0.15) is 12.5 Å². The van der Waals surface area contributed by atoms with E-state index in [0.29, 0.717) is 17.0 Å². The Balaban J connectivity index is 2.06. The molecule has 0 amide bonds. The van der Waals surface area contributed by atoms with Crippen LogP contribution in [-0.2, 0) is 6.42 Å². The van der Waals surface area contributed by atoms with E-state index in [9.17, 15) is 4.39 Å². The van der Waals surface area contributed by atoms with Gasteiger partial charge in [-0.15, -0.1) is 0 Å². The number of nitrogens with one attached hydrogen (secondary N) is 1. The monoisotopic (exact) mass is 273 g/mol. The number of benzene rings is 1. The maximum atomic E-state index is 13.7. The van der Waals surface area contributed by atoms with Gasteiger partial charge in [-0.2, -0.15) is 11.8 Å². The van der Waals surface area contributed by atoms with Crippen molar-refractivity contribution in [1.29, 1.82) is 0 Å².